The number of hydrogen-bond donors (Lipinski definition) is 1. The molecule has 1 saturated heterocycles. The lowest BCUT2D eigenvalue weighted by Crippen LogP contribution is -2.49. The van der Waals surface area contributed by atoms with E-state index in [9.17, 15) is 14.0 Å². The number of nitrogens with zero attached hydrogens (tertiary/aromatic N) is 1. The summed E-state index contributed by atoms with van der Waals surface area (Å²) >= 11 is 0. The number of hydrogen-bond acceptors (Lipinski definition) is 2. The van der Waals surface area contributed by atoms with Gasteiger partial charge in [-0.05, 0) is 47.9 Å². The Labute approximate surface area is 158 Å². The number of halogens is 1. The van der Waals surface area contributed by atoms with Gasteiger partial charge in [0.15, 0.2) is 5.78 Å². The molecule has 0 radical (unpaired) electrons. The summed E-state index contributed by atoms with van der Waals surface area (Å²) in [6.07, 6.45) is 2.83. The number of piperidine rings is 1. The molecule has 0 aromatic heterocycles. The van der Waals surface area contributed by atoms with E-state index in [1.54, 1.807) is 6.07 Å². The molecule has 1 aliphatic heterocycles. The van der Waals surface area contributed by atoms with Gasteiger partial charge < -0.3 is 10.2 Å². The van der Waals surface area contributed by atoms with Crippen LogP contribution in [-0.4, -0.2) is 29.8 Å². The van der Waals surface area contributed by atoms with Gasteiger partial charge in [-0.1, -0.05) is 36.4 Å². The van der Waals surface area contributed by atoms with Crippen LogP contribution < -0.4 is 5.32 Å². The van der Waals surface area contributed by atoms with Gasteiger partial charge in [0.1, 0.15) is 5.82 Å². The second kappa shape index (κ2) is 7.14. The number of urea groups is 1. The number of carbonyl (C=O) groups is 2. The Morgan fingerprint density at radius 2 is 1.81 bits per heavy atom. The normalized spacial score (nSPS) is 18.3. The van der Waals surface area contributed by atoms with Gasteiger partial charge in [-0.25, -0.2) is 9.18 Å². The summed E-state index contributed by atoms with van der Waals surface area (Å²) in [6, 6.07) is 14.3. The molecular weight excluding hydrogens is 343 g/mol. The highest BCUT2D eigenvalue weighted by Crippen LogP contribution is 2.43. The van der Waals surface area contributed by atoms with Crippen molar-refractivity contribution in [3.8, 4) is 0 Å². The molecule has 27 heavy (non-hydrogen) atoms. The molecule has 2 aromatic carbocycles. The molecule has 4 nitrogen and oxygen atoms in total. The minimum atomic E-state index is -0.358. The van der Waals surface area contributed by atoms with Crippen molar-refractivity contribution >= 4 is 11.8 Å². The second-order valence-electron chi connectivity index (χ2n) is 7.71. The minimum Gasteiger partial charge on any atom is -0.334 e. The van der Waals surface area contributed by atoms with Gasteiger partial charge in [0.25, 0.3) is 0 Å². The fraction of sp³-hybridized carbons (Fsp3) is 0.364. The maximum Gasteiger partial charge on any atom is 0.317 e. The van der Waals surface area contributed by atoms with Gasteiger partial charge >= 0.3 is 6.03 Å². The quantitative estimate of drug-likeness (QED) is 0.875. The monoisotopic (exact) mass is 366 g/mol. The molecule has 1 spiro atoms. The zero-order valence-corrected chi connectivity index (χ0v) is 15.2. The number of Topliss-reactive ketones (excluding diaryl/α,β-unsaturated/α-hetero) is 1. The average molecular weight is 366 g/mol. The van der Waals surface area contributed by atoms with Gasteiger partial charge in [-0.3, -0.25) is 4.79 Å². The third kappa shape index (κ3) is 3.72. The average Bonchev–Trinajstić information content (AvgIpc) is 2.68. The summed E-state index contributed by atoms with van der Waals surface area (Å²) in [5.74, 6) is -0.333. The Kier molecular flexibility index (Phi) is 4.68. The van der Waals surface area contributed by atoms with Gasteiger partial charge in [-0.15, -0.1) is 0 Å². The van der Waals surface area contributed by atoms with Crippen LogP contribution in [0.4, 0.5) is 9.18 Å². The van der Waals surface area contributed by atoms with E-state index in [-0.39, 0.29) is 23.0 Å². The Morgan fingerprint density at radius 1 is 1.07 bits per heavy atom. The van der Waals surface area contributed by atoms with Crippen LogP contribution in [0, 0.1) is 11.2 Å². The van der Waals surface area contributed by atoms with Crippen molar-refractivity contribution < 1.29 is 14.0 Å². The topological polar surface area (TPSA) is 49.4 Å². The van der Waals surface area contributed by atoms with Crippen LogP contribution in [0.15, 0.2) is 48.5 Å². The molecule has 1 N–H and O–H groups in total. The summed E-state index contributed by atoms with van der Waals surface area (Å²) < 4.78 is 13.4. The molecule has 0 unspecified atom stereocenters. The van der Waals surface area contributed by atoms with Crippen molar-refractivity contribution in [2.75, 3.05) is 13.1 Å². The van der Waals surface area contributed by atoms with Gasteiger partial charge in [0.2, 0.25) is 0 Å². The number of benzene rings is 2. The molecule has 2 aliphatic rings. The van der Waals surface area contributed by atoms with E-state index in [4.69, 9.17) is 0 Å². The van der Waals surface area contributed by atoms with E-state index in [0.717, 1.165) is 30.4 Å². The number of likely N-dealkylation sites (tertiary alicyclic amines) is 1. The van der Waals surface area contributed by atoms with Crippen LogP contribution in [0.25, 0.3) is 0 Å². The summed E-state index contributed by atoms with van der Waals surface area (Å²) in [5.41, 5.74) is 2.44. The van der Waals surface area contributed by atoms with E-state index in [1.165, 1.54) is 12.1 Å². The lowest BCUT2D eigenvalue weighted by molar-refractivity contribution is 0.0735. The van der Waals surface area contributed by atoms with Crippen molar-refractivity contribution in [1.29, 1.82) is 0 Å². The van der Waals surface area contributed by atoms with Crippen LogP contribution in [0.5, 0.6) is 0 Å². The van der Waals surface area contributed by atoms with Gasteiger partial charge in [0.05, 0.1) is 0 Å². The molecule has 140 valence electrons. The molecule has 1 heterocycles. The van der Waals surface area contributed by atoms with E-state index < -0.39 is 0 Å². The van der Waals surface area contributed by atoms with Crippen molar-refractivity contribution in [1.82, 2.24) is 10.2 Å². The van der Waals surface area contributed by atoms with Gasteiger partial charge in [-0.2, -0.15) is 0 Å². The first kappa shape index (κ1) is 17.7. The highest BCUT2D eigenvalue weighted by Gasteiger charge is 2.41. The molecule has 2 aromatic rings. The molecule has 2 amide bonds. The zero-order valence-electron chi connectivity index (χ0n) is 15.2. The number of ketones is 1. The standard InChI is InChI=1S/C22H23FN2O2/c23-18-7-6-17-13-22(14-20(26)19(17)12-18)8-10-25(11-9-22)21(27)24-15-16-4-2-1-3-5-16/h1-7,12H,8-11,13-15H2,(H,24,27). The lowest BCUT2D eigenvalue weighted by atomic mass is 9.66. The predicted octanol–water partition coefficient (Wildman–Crippen LogP) is 3.95. The van der Waals surface area contributed by atoms with Crippen LogP contribution in [0.1, 0.15) is 40.7 Å². The Hall–Kier alpha value is -2.69. The molecule has 0 bridgehead atoms. The smallest absolute Gasteiger partial charge is 0.317 e. The zero-order chi connectivity index (χ0) is 18.9. The number of fused-ring (bicyclic) bond motifs is 1. The van der Waals surface area contributed by atoms with E-state index in [2.05, 4.69) is 5.32 Å². The summed E-state index contributed by atoms with van der Waals surface area (Å²) in [6.45, 7) is 1.80. The lowest BCUT2D eigenvalue weighted by Gasteiger charge is -2.44. The Bertz CT molecular complexity index is 858. The van der Waals surface area contributed by atoms with Crippen molar-refractivity contribution in [3.63, 3.8) is 0 Å². The fourth-order valence-electron chi connectivity index (χ4n) is 4.29. The van der Waals surface area contributed by atoms with Crippen LogP contribution in [0.3, 0.4) is 0 Å². The summed E-state index contributed by atoms with van der Waals surface area (Å²) in [4.78, 5) is 26.8. The summed E-state index contributed by atoms with van der Waals surface area (Å²) in [7, 11) is 0. The maximum absolute atomic E-state index is 13.4. The van der Waals surface area contributed by atoms with E-state index >= 15 is 0 Å². The van der Waals surface area contributed by atoms with Crippen molar-refractivity contribution in [3.05, 3.63) is 71.0 Å². The van der Waals surface area contributed by atoms with E-state index in [1.807, 2.05) is 35.2 Å². The third-order valence-corrected chi connectivity index (χ3v) is 5.87. The minimum absolute atomic E-state index is 0.0257. The van der Waals surface area contributed by atoms with Gasteiger partial charge in [0, 0.05) is 31.6 Å². The number of carbonyl (C=O) groups excluding carboxylic acids is 2. The first-order valence-corrected chi connectivity index (χ1v) is 9.43. The molecule has 1 fully saturated rings. The van der Waals surface area contributed by atoms with Crippen LogP contribution >= 0.6 is 0 Å². The number of nitrogens with one attached hydrogen (secondary N) is 1. The molecule has 4 rings (SSSR count). The van der Waals surface area contributed by atoms with Crippen molar-refractivity contribution in [2.24, 2.45) is 5.41 Å². The molecule has 1 aliphatic carbocycles. The molecule has 0 atom stereocenters. The maximum atomic E-state index is 13.4. The molecule has 0 saturated carbocycles. The van der Waals surface area contributed by atoms with Crippen LogP contribution in [0.2, 0.25) is 0 Å². The van der Waals surface area contributed by atoms with Crippen LogP contribution in [-0.2, 0) is 13.0 Å². The molecular formula is C22H23FN2O2. The Balaban J connectivity index is 1.36. The van der Waals surface area contributed by atoms with Crippen molar-refractivity contribution in [2.45, 2.75) is 32.2 Å². The first-order valence-electron chi connectivity index (χ1n) is 9.43. The molecule has 5 heteroatoms. The largest absolute Gasteiger partial charge is 0.334 e. The number of rotatable bonds is 2. The third-order valence-electron chi connectivity index (χ3n) is 5.87. The fourth-order valence-corrected chi connectivity index (χ4v) is 4.29. The second-order valence-corrected chi connectivity index (χ2v) is 7.71. The predicted molar refractivity (Wildman–Crippen MR) is 101 cm³/mol. The summed E-state index contributed by atoms with van der Waals surface area (Å²) in [5, 5.41) is 2.97. The Morgan fingerprint density at radius 3 is 2.56 bits per heavy atom. The highest BCUT2D eigenvalue weighted by molar-refractivity contribution is 5.99. The van der Waals surface area contributed by atoms with E-state index in [0.29, 0.717) is 31.6 Å². The number of amides is 2. The SMILES string of the molecule is O=C1CC2(CCN(C(=O)NCc3ccccc3)CC2)Cc2ccc(F)cc21. The first-order chi connectivity index (χ1) is 13.0. The highest BCUT2D eigenvalue weighted by atomic mass is 19.1.